The van der Waals surface area contributed by atoms with Gasteiger partial charge in [-0.3, -0.25) is 0 Å². The van der Waals surface area contributed by atoms with E-state index >= 15 is 0 Å². The maximum absolute atomic E-state index is 12.6. The Kier molecular flexibility index (Phi) is 4.95. The van der Waals surface area contributed by atoms with Crippen molar-refractivity contribution >= 4 is 6.09 Å². The van der Waals surface area contributed by atoms with E-state index in [0.717, 1.165) is 32.1 Å². The van der Waals surface area contributed by atoms with Gasteiger partial charge in [0.1, 0.15) is 5.60 Å². The normalized spacial score (nSPS) is 27.8. The summed E-state index contributed by atoms with van der Waals surface area (Å²) in [6, 6.07) is 0.471. The largest absolute Gasteiger partial charge is 0.443 e. The number of hydrogen-bond donors (Lipinski definition) is 1. The van der Waals surface area contributed by atoms with Gasteiger partial charge < -0.3 is 14.7 Å². The van der Waals surface area contributed by atoms with E-state index in [9.17, 15) is 9.90 Å². The zero-order valence-electron chi connectivity index (χ0n) is 13.1. The third-order valence-corrected chi connectivity index (χ3v) is 4.91. The Morgan fingerprint density at radius 3 is 2.35 bits per heavy atom. The number of hydrogen-bond acceptors (Lipinski definition) is 3. The molecule has 1 amide bonds. The molecule has 0 saturated heterocycles. The number of amides is 1. The average molecular weight is 283 g/mol. The minimum atomic E-state index is -0.412. The Morgan fingerprint density at radius 2 is 1.85 bits per heavy atom. The summed E-state index contributed by atoms with van der Waals surface area (Å²) < 4.78 is 5.71. The van der Waals surface area contributed by atoms with E-state index in [0.29, 0.717) is 12.5 Å². The van der Waals surface area contributed by atoms with E-state index in [1.54, 1.807) is 0 Å². The third kappa shape index (κ3) is 3.66. The second-order valence-corrected chi connectivity index (χ2v) is 6.95. The van der Waals surface area contributed by atoms with Crippen LogP contribution in [0.15, 0.2) is 0 Å². The first kappa shape index (κ1) is 15.6. The number of carbonyl (C=O) groups excluding carboxylic acids is 1. The highest BCUT2D eigenvalue weighted by Gasteiger charge is 2.38. The number of carbonyl (C=O) groups is 1. The Hall–Kier alpha value is -0.770. The van der Waals surface area contributed by atoms with Crippen molar-refractivity contribution in [2.24, 2.45) is 0 Å². The molecule has 0 aliphatic heterocycles. The predicted molar refractivity (Wildman–Crippen MR) is 78.6 cm³/mol. The van der Waals surface area contributed by atoms with Crippen LogP contribution in [0.5, 0.6) is 0 Å². The van der Waals surface area contributed by atoms with Crippen LogP contribution in [0.2, 0.25) is 0 Å². The van der Waals surface area contributed by atoms with E-state index < -0.39 is 5.60 Å². The van der Waals surface area contributed by atoms with E-state index in [4.69, 9.17) is 4.74 Å². The minimum Gasteiger partial charge on any atom is -0.443 e. The van der Waals surface area contributed by atoms with Crippen LogP contribution in [0.25, 0.3) is 0 Å². The fraction of sp³-hybridized carbons (Fsp3) is 0.938. The number of ether oxygens (including phenoxy) is 1. The standard InChI is InChI=1S/C16H29NO3/c1-4-16(2,3)20-15(19)17(12-7-5-6-8-12)13-9-10-14(18)11-13/h12-14,18H,4-11H2,1-3H3. The van der Waals surface area contributed by atoms with E-state index in [1.165, 1.54) is 12.8 Å². The molecular formula is C16H29NO3. The van der Waals surface area contributed by atoms with Gasteiger partial charge in [0, 0.05) is 12.1 Å². The molecule has 0 radical (unpaired) electrons. The molecule has 2 rings (SSSR count). The molecule has 0 aromatic rings. The summed E-state index contributed by atoms with van der Waals surface area (Å²) in [7, 11) is 0. The molecular weight excluding hydrogens is 254 g/mol. The summed E-state index contributed by atoms with van der Waals surface area (Å²) in [6.07, 6.45) is 7.34. The summed E-state index contributed by atoms with van der Waals surface area (Å²) in [6.45, 7) is 5.95. The maximum Gasteiger partial charge on any atom is 0.410 e. The molecule has 116 valence electrons. The van der Waals surface area contributed by atoms with E-state index in [2.05, 4.69) is 0 Å². The Balaban J connectivity index is 2.07. The van der Waals surface area contributed by atoms with Crippen LogP contribution in [0.1, 0.15) is 72.1 Å². The van der Waals surface area contributed by atoms with Gasteiger partial charge in [-0.15, -0.1) is 0 Å². The van der Waals surface area contributed by atoms with Crippen molar-refractivity contribution in [1.29, 1.82) is 0 Å². The predicted octanol–water partition coefficient (Wildman–Crippen LogP) is 3.47. The molecule has 4 heteroatoms. The molecule has 0 heterocycles. The molecule has 2 fully saturated rings. The Bertz CT molecular complexity index is 337. The lowest BCUT2D eigenvalue weighted by atomic mass is 10.1. The first-order chi connectivity index (χ1) is 9.43. The van der Waals surface area contributed by atoms with Gasteiger partial charge in [-0.25, -0.2) is 4.79 Å². The zero-order valence-corrected chi connectivity index (χ0v) is 13.1. The van der Waals surface area contributed by atoms with Crippen LogP contribution >= 0.6 is 0 Å². The first-order valence-electron chi connectivity index (χ1n) is 8.12. The van der Waals surface area contributed by atoms with Gasteiger partial charge in [-0.05, 0) is 52.4 Å². The summed E-state index contributed by atoms with van der Waals surface area (Å²) in [5.74, 6) is 0. The van der Waals surface area contributed by atoms with Crippen LogP contribution in [0.4, 0.5) is 4.79 Å². The van der Waals surface area contributed by atoms with E-state index in [-0.39, 0.29) is 18.2 Å². The third-order valence-electron chi connectivity index (χ3n) is 4.91. The lowest BCUT2D eigenvalue weighted by molar-refractivity contribution is -0.00639. The fourth-order valence-corrected chi connectivity index (χ4v) is 3.33. The summed E-state index contributed by atoms with van der Waals surface area (Å²) >= 11 is 0. The highest BCUT2D eigenvalue weighted by atomic mass is 16.6. The molecule has 4 nitrogen and oxygen atoms in total. The lowest BCUT2D eigenvalue weighted by Gasteiger charge is -2.36. The highest BCUT2D eigenvalue weighted by molar-refractivity contribution is 5.69. The van der Waals surface area contributed by atoms with Crippen LogP contribution in [0, 0.1) is 0 Å². The summed E-state index contributed by atoms with van der Waals surface area (Å²) in [5, 5.41) is 9.77. The highest BCUT2D eigenvalue weighted by Crippen LogP contribution is 2.33. The second kappa shape index (κ2) is 6.33. The molecule has 2 aliphatic carbocycles. The van der Waals surface area contributed by atoms with E-state index in [1.807, 2.05) is 25.7 Å². The molecule has 2 unspecified atom stereocenters. The van der Waals surface area contributed by atoms with Crippen LogP contribution < -0.4 is 0 Å². The second-order valence-electron chi connectivity index (χ2n) is 6.95. The van der Waals surface area contributed by atoms with Crippen LogP contribution in [-0.2, 0) is 4.74 Å². The quantitative estimate of drug-likeness (QED) is 0.859. The van der Waals surface area contributed by atoms with Gasteiger partial charge in [0.15, 0.2) is 0 Å². The smallest absolute Gasteiger partial charge is 0.410 e. The topological polar surface area (TPSA) is 49.8 Å². The number of nitrogens with zero attached hydrogens (tertiary/aromatic N) is 1. The SMILES string of the molecule is CCC(C)(C)OC(=O)N(C1CCCC1)C1CCC(O)C1. The molecule has 0 spiro atoms. The lowest BCUT2D eigenvalue weighted by Crippen LogP contribution is -2.48. The zero-order chi connectivity index (χ0) is 14.8. The van der Waals surface area contributed by atoms with Crippen LogP contribution in [-0.4, -0.2) is 39.9 Å². The fourth-order valence-electron chi connectivity index (χ4n) is 3.33. The average Bonchev–Trinajstić information content (AvgIpc) is 3.02. The van der Waals surface area contributed by atoms with Gasteiger partial charge in [-0.1, -0.05) is 19.8 Å². The minimum absolute atomic E-state index is 0.160. The Labute approximate surface area is 122 Å². The molecule has 0 aromatic heterocycles. The van der Waals surface area contributed by atoms with Crippen molar-refractivity contribution in [1.82, 2.24) is 4.90 Å². The van der Waals surface area contributed by atoms with Gasteiger partial charge in [0.05, 0.1) is 6.10 Å². The van der Waals surface area contributed by atoms with Gasteiger partial charge in [0.25, 0.3) is 0 Å². The van der Waals surface area contributed by atoms with Crippen molar-refractivity contribution in [3.63, 3.8) is 0 Å². The van der Waals surface area contributed by atoms with Crippen LogP contribution in [0.3, 0.4) is 0 Å². The molecule has 2 atom stereocenters. The molecule has 0 aromatic carbocycles. The Morgan fingerprint density at radius 1 is 1.20 bits per heavy atom. The first-order valence-corrected chi connectivity index (χ1v) is 8.12. The molecule has 1 N–H and O–H groups in total. The van der Waals surface area contributed by atoms with Crippen molar-refractivity contribution < 1.29 is 14.6 Å². The molecule has 2 aliphatic rings. The molecule has 20 heavy (non-hydrogen) atoms. The summed E-state index contributed by atoms with van der Waals surface area (Å²) in [5.41, 5.74) is -0.412. The number of aliphatic hydroxyl groups excluding tert-OH is 1. The van der Waals surface area contributed by atoms with Crippen molar-refractivity contribution in [2.75, 3.05) is 0 Å². The van der Waals surface area contributed by atoms with Gasteiger partial charge in [-0.2, -0.15) is 0 Å². The number of rotatable bonds is 4. The summed E-state index contributed by atoms with van der Waals surface area (Å²) in [4.78, 5) is 14.6. The van der Waals surface area contributed by atoms with Gasteiger partial charge in [0.2, 0.25) is 0 Å². The van der Waals surface area contributed by atoms with Crippen molar-refractivity contribution in [3.05, 3.63) is 0 Å². The number of aliphatic hydroxyl groups is 1. The van der Waals surface area contributed by atoms with Crippen molar-refractivity contribution in [2.45, 2.75) is 95.9 Å². The van der Waals surface area contributed by atoms with Gasteiger partial charge >= 0.3 is 6.09 Å². The maximum atomic E-state index is 12.6. The monoisotopic (exact) mass is 283 g/mol. The molecule has 0 bridgehead atoms. The molecule has 2 saturated carbocycles. The van der Waals surface area contributed by atoms with Crippen molar-refractivity contribution in [3.8, 4) is 0 Å².